The van der Waals surface area contributed by atoms with Gasteiger partial charge in [0, 0.05) is 23.9 Å². The lowest BCUT2D eigenvalue weighted by atomic mass is 9.94. The normalized spacial score (nSPS) is 17.0. The van der Waals surface area contributed by atoms with E-state index in [4.69, 9.17) is 14.2 Å². The number of carbonyl (C=O) groups excluding carboxylic acids is 1. The molecule has 0 bridgehead atoms. The number of H-pyrrole nitrogens is 1. The summed E-state index contributed by atoms with van der Waals surface area (Å²) in [6, 6.07) is 5.93. The molecule has 1 aromatic carbocycles. The molecular formula is C19H23NO4. The van der Waals surface area contributed by atoms with Gasteiger partial charge in [0.25, 0.3) is 0 Å². The van der Waals surface area contributed by atoms with Gasteiger partial charge in [-0.2, -0.15) is 0 Å². The van der Waals surface area contributed by atoms with Gasteiger partial charge in [-0.15, -0.1) is 0 Å². The van der Waals surface area contributed by atoms with Gasteiger partial charge < -0.3 is 19.2 Å². The first-order valence-electron chi connectivity index (χ1n) is 8.31. The van der Waals surface area contributed by atoms with Gasteiger partial charge in [-0.1, -0.05) is 12.1 Å². The van der Waals surface area contributed by atoms with Gasteiger partial charge in [-0.3, -0.25) is 0 Å². The Balaban J connectivity index is 2.13. The minimum absolute atomic E-state index is 0.0868. The average molecular weight is 329 g/mol. The molecule has 24 heavy (non-hydrogen) atoms. The van der Waals surface area contributed by atoms with Crippen molar-refractivity contribution in [2.75, 3.05) is 20.3 Å². The van der Waals surface area contributed by atoms with Crippen LogP contribution < -0.4 is 4.74 Å². The number of esters is 1. The van der Waals surface area contributed by atoms with Crippen LogP contribution in [0.3, 0.4) is 0 Å². The minimum Gasteiger partial charge on any atom is -0.496 e. The number of hydrogen-bond acceptors (Lipinski definition) is 4. The van der Waals surface area contributed by atoms with Gasteiger partial charge in [-0.25, -0.2) is 4.79 Å². The summed E-state index contributed by atoms with van der Waals surface area (Å²) < 4.78 is 16.5. The van der Waals surface area contributed by atoms with E-state index in [1.807, 2.05) is 31.3 Å². The van der Waals surface area contributed by atoms with Crippen LogP contribution in [0.25, 0.3) is 11.1 Å². The summed E-state index contributed by atoms with van der Waals surface area (Å²) in [7, 11) is 1.66. The number of carbonyl (C=O) groups is 1. The predicted octanol–water partition coefficient (Wildman–Crippen LogP) is 4.03. The van der Waals surface area contributed by atoms with Crippen LogP contribution >= 0.6 is 0 Å². The lowest BCUT2D eigenvalue weighted by Gasteiger charge is -2.16. The summed E-state index contributed by atoms with van der Waals surface area (Å²) in [6.45, 7) is 4.88. The summed E-state index contributed by atoms with van der Waals surface area (Å²) in [5.74, 6) is 0.486. The van der Waals surface area contributed by atoms with Crippen LogP contribution in [0.2, 0.25) is 0 Å². The van der Waals surface area contributed by atoms with Gasteiger partial charge in [0.1, 0.15) is 11.4 Å². The molecule has 1 aliphatic heterocycles. The molecule has 0 amide bonds. The Bertz CT molecular complexity index is 729. The molecule has 5 nitrogen and oxygen atoms in total. The number of benzene rings is 1. The SMILES string of the molecule is CCOC(=O)c1[nH]cc(-c2cccc(OC)c2C)c1[C@H]1CCCO1. The van der Waals surface area contributed by atoms with Crippen molar-refractivity contribution in [1.82, 2.24) is 4.98 Å². The Morgan fingerprint density at radius 3 is 2.88 bits per heavy atom. The fourth-order valence-electron chi connectivity index (χ4n) is 3.30. The first kappa shape index (κ1) is 16.6. The van der Waals surface area contributed by atoms with Crippen LogP contribution in [-0.4, -0.2) is 31.3 Å². The van der Waals surface area contributed by atoms with Crippen LogP contribution in [0.15, 0.2) is 24.4 Å². The molecule has 0 aliphatic carbocycles. The molecule has 2 heterocycles. The number of ether oxygens (including phenoxy) is 3. The number of rotatable bonds is 5. The van der Waals surface area contributed by atoms with E-state index in [-0.39, 0.29) is 12.1 Å². The van der Waals surface area contributed by atoms with E-state index in [1.165, 1.54) is 0 Å². The fraction of sp³-hybridized carbons (Fsp3) is 0.421. The minimum atomic E-state index is -0.338. The van der Waals surface area contributed by atoms with Crippen LogP contribution in [0.1, 0.15) is 47.5 Å². The topological polar surface area (TPSA) is 60.6 Å². The molecule has 3 rings (SSSR count). The zero-order chi connectivity index (χ0) is 17.1. The maximum atomic E-state index is 12.3. The Labute approximate surface area is 141 Å². The van der Waals surface area contributed by atoms with Crippen molar-refractivity contribution in [2.24, 2.45) is 0 Å². The second-order valence-corrected chi connectivity index (χ2v) is 5.85. The molecule has 0 unspecified atom stereocenters. The van der Waals surface area contributed by atoms with Gasteiger partial charge >= 0.3 is 5.97 Å². The molecule has 128 valence electrons. The number of methoxy groups -OCH3 is 1. The first-order valence-corrected chi connectivity index (χ1v) is 8.31. The molecule has 0 spiro atoms. The molecule has 1 saturated heterocycles. The average Bonchev–Trinajstić information content (AvgIpc) is 3.24. The van der Waals surface area contributed by atoms with Crippen LogP contribution in [0, 0.1) is 6.92 Å². The third kappa shape index (κ3) is 2.91. The van der Waals surface area contributed by atoms with E-state index in [0.29, 0.717) is 18.9 Å². The zero-order valence-electron chi connectivity index (χ0n) is 14.3. The number of aromatic amines is 1. The monoisotopic (exact) mass is 329 g/mol. The maximum Gasteiger partial charge on any atom is 0.355 e. The largest absolute Gasteiger partial charge is 0.496 e. The van der Waals surface area contributed by atoms with E-state index >= 15 is 0 Å². The summed E-state index contributed by atoms with van der Waals surface area (Å²) >= 11 is 0. The van der Waals surface area contributed by atoms with E-state index in [1.54, 1.807) is 14.0 Å². The third-order valence-electron chi connectivity index (χ3n) is 4.45. The quantitative estimate of drug-likeness (QED) is 0.842. The predicted molar refractivity (Wildman–Crippen MR) is 91.4 cm³/mol. The van der Waals surface area contributed by atoms with Crippen molar-refractivity contribution >= 4 is 5.97 Å². The number of nitrogens with one attached hydrogen (secondary N) is 1. The molecular weight excluding hydrogens is 306 g/mol. The fourth-order valence-corrected chi connectivity index (χ4v) is 3.30. The molecule has 1 aromatic heterocycles. The smallest absolute Gasteiger partial charge is 0.355 e. The van der Waals surface area contributed by atoms with Crippen molar-refractivity contribution in [1.29, 1.82) is 0 Å². The van der Waals surface area contributed by atoms with Crippen molar-refractivity contribution in [3.8, 4) is 16.9 Å². The number of hydrogen-bond donors (Lipinski definition) is 1. The molecule has 1 aliphatic rings. The van der Waals surface area contributed by atoms with Crippen molar-refractivity contribution < 1.29 is 19.0 Å². The van der Waals surface area contributed by atoms with Crippen molar-refractivity contribution in [3.05, 3.63) is 41.2 Å². The summed E-state index contributed by atoms with van der Waals surface area (Å²) in [5, 5.41) is 0. The Morgan fingerprint density at radius 2 is 2.21 bits per heavy atom. The Morgan fingerprint density at radius 1 is 1.38 bits per heavy atom. The van der Waals surface area contributed by atoms with Crippen LogP contribution in [-0.2, 0) is 9.47 Å². The van der Waals surface area contributed by atoms with E-state index in [9.17, 15) is 4.79 Å². The lowest BCUT2D eigenvalue weighted by molar-refractivity contribution is 0.0508. The summed E-state index contributed by atoms with van der Waals surface area (Å²) in [4.78, 5) is 15.4. The Hall–Kier alpha value is -2.27. The van der Waals surface area contributed by atoms with Gasteiger partial charge in [0.2, 0.25) is 0 Å². The lowest BCUT2D eigenvalue weighted by Crippen LogP contribution is -2.10. The van der Waals surface area contributed by atoms with E-state index in [0.717, 1.165) is 40.8 Å². The molecule has 1 fully saturated rings. The first-order chi connectivity index (χ1) is 11.7. The maximum absolute atomic E-state index is 12.3. The van der Waals surface area contributed by atoms with Crippen molar-refractivity contribution in [2.45, 2.75) is 32.8 Å². The Kier molecular flexibility index (Phi) is 4.90. The second-order valence-electron chi connectivity index (χ2n) is 5.85. The summed E-state index contributed by atoms with van der Waals surface area (Å²) in [5.41, 5.74) is 4.42. The summed E-state index contributed by atoms with van der Waals surface area (Å²) in [6.07, 6.45) is 3.68. The molecule has 1 N–H and O–H groups in total. The highest BCUT2D eigenvalue weighted by Gasteiger charge is 2.29. The molecule has 1 atom stereocenters. The van der Waals surface area contributed by atoms with Gasteiger partial charge in [0.15, 0.2) is 0 Å². The standard InChI is InChI=1S/C19H23NO4/c1-4-23-19(21)18-17(16-9-6-10-24-16)14(11-20-18)13-7-5-8-15(22-3)12(13)2/h5,7-8,11,16,20H,4,6,9-10H2,1-3H3/t16-/m1/s1. The molecule has 0 radical (unpaired) electrons. The third-order valence-corrected chi connectivity index (χ3v) is 4.45. The highest BCUT2D eigenvalue weighted by molar-refractivity contribution is 5.93. The molecule has 5 heteroatoms. The van der Waals surface area contributed by atoms with Crippen LogP contribution in [0.4, 0.5) is 0 Å². The van der Waals surface area contributed by atoms with Gasteiger partial charge in [-0.05, 0) is 43.9 Å². The molecule has 2 aromatic rings. The van der Waals surface area contributed by atoms with E-state index < -0.39 is 0 Å². The molecule has 0 saturated carbocycles. The van der Waals surface area contributed by atoms with Gasteiger partial charge in [0.05, 0.1) is 19.8 Å². The highest BCUT2D eigenvalue weighted by Crippen LogP contribution is 2.40. The second kappa shape index (κ2) is 7.09. The van der Waals surface area contributed by atoms with E-state index in [2.05, 4.69) is 4.98 Å². The highest BCUT2D eigenvalue weighted by atomic mass is 16.5. The van der Waals surface area contributed by atoms with Crippen LogP contribution in [0.5, 0.6) is 5.75 Å². The van der Waals surface area contributed by atoms with Crippen molar-refractivity contribution in [3.63, 3.8) is 0 Å². The number of aromatic nitrogens is 1. The zero-order valence-corrected chi connectivity index (χ0v) is 14.3.